The molecule has 2 aromatic carbocycles. The Balaban J connectivity index is 2.15. The van der Waals surface area contributed by atoms with E-state index in [1.807, 2.05) is 0 Å². The van der Waals surface area contributed by atoms with Gasteiger partial charge in [0.1, 0.15) is 5.52 Å². The first-order valence-corrected chi connectivity index (χ1v) is 7.75. The Labute approximate surface area is 147 Å². The van der Waals surface area contributed by atoms with Crippen molar-refractivity contribution >= 4 is 28.5 Å². The molecule has 0 saturated heterocycles. The fourth-order valence-electron chi connectivity index (χ4n) is 2.98. The number of para-hydroxylation sites is 1. The lowest BCUT2D eigenvalue weighted by atomic mass is 10.1. The number of phenols is 2. The number of phenolic OH excluding ortho intramolecular Hbond substituents is 2. The van der Waals surface area contributed by atoms with Crippen LogP contribution in [0.5, 0.6) is 11.5 Å². The van der Waals surface area contributed by atoms with Crippen molar-refractivity contribution in [1.82, 2.24) is 14.4 Å². The van der Waals surface area contributed by atoms with Gasteiger partial charge in [-0.1, -0.05) is 6.07 Å². The van der Waals surface area contributed by atoms with Gasteiger partial charge in [-0.25, -0.2) is 14.8 Å². The third kappa shape index (κ3) is 2.20. The summed E-state index contributed by atoms with van der Waals surface area (Å²) in [6.07, 6.45) is 1.61. The lowest BCUT2D eigenvalue weighted by molar-refractivity contribution is 0.0699. The number of aromatic carboxylic acids is 1. The van der Waals surface area contributed by atoms with Crippen molar-refractivity contribution < 1.29 is 20.1 Å². The standard InChI is InChI=1S/C18H14N4O4/c1-19-16-17-20-8-12(9-5-6-13(23)14(24)7-9)22(17)11-4-2-3-10(18(25)26)15(11)21-16/h2-8,23-24H,1H3,(H,19,21)(H,25,26). The summed E-state index contributed by atoms with van der Waals surface area (Å²) in [5.74, 6) is -1.12. The van der Waals surface area contributed by atoms with Crippen LogP contribution in [0.3, 0.4) is 0 Å². The molecule has 0 aliphatic heterocycles. The number of imidazole rings is 1. The minimum atomic E-state index is -1.08. The van der Waals surface area contributed by atoms with Crippen LogP contribution in [0.1, 0.15) is 10.4 Å². The SMILES string of the molecule is CNc1nc2c(C(=O)O)cccc2n2c(-c3ccc(O)c(O)c3)cnc12. The first-order valence-electron chi connectivity index (χ1n) is 7.75. The van der Waals surface area contributed by atoms with Gasteiger partial charge in [0, 0.05) is 12.6 Å². The van der Waals surface area contributed by atoms with Crippen molar-refractivity contribution in [2.75, 3.05) is 12.4 Å². The van der Waals surface area contributed by atoms with E-state index >= 15 is 0 Å². The number of aromatic hydroxyl groups is 2. The number of hydrogen-bond donors (Lipinski definition) is 4. The molecule has 0 fully saturated rings. The van der Waals surface area contributed by atoms with Crippen molar-refractivity contribution in [3.63, 3.8) is 0 Å². The second-order valence-corrected chi connectivity index (χ2v) is 5.69. The molecular formula is C18H14N4O4. The van der Waals surface area contributed by atoms with E-state index in [9.17, 15) is 20.1 Å². The van der Waals surface area contributed by atoms with Crippen molar-refractivity contribution in [2.24, 2.45) is 0 Å². The summed E-state index contributed by atoms with van der Waals surface area (Å²) in [5.41, 5.74) is 2.72. The number of carboxylic acid groups (broad SMARTS) is 1. The van der Waals surface area contributed by atoms with Crippen molar-refractivity contribution in [3.8, 4) is 22.8 Å². The monoisotopic (exact) mass is 350 g/mol. The molecule has 4 rings (SSSR count). The molecule has 0 atom stereocenters. The van der Waals surface area contributed by atoms with E-state index in [0.29, 0.717) is 33.8 Å². The van der Waals surface area contributed by atoms with Gasteiger partial charge in [0.15, 0.2) is 23.0 Å². The molecule has 0 spiro atoms. The predicted octanol–water partition coefficient (Wildman–Crippen LogP) is 2.70. The van der Waals surface area contributed by atoms with Gasteiger partial charge in [-0.05, 0) is 30.3 Å². The van der Waals surface area contributed by atoms with E-state index in [4.69, 9.17) is 0 Å². The summed E-state index contributed by atoms with van der Waals surface area (Å²) in [6, 6.07) is 9.34. The second-order valence-electron chi connectivity index (χ2n) is 5.69. The van der Waals surface area contributed by atoms with Crippen LogP contribution in [0.2, 0.25) is 0 Å². The maximum Gasteiger partial charge on any atom is 0.337 e. The number of nitrogens with one attached hydrogen (secondary N) is 1. The smallest absolute Gasteiger partial charge is 0.337 e. The number of carbonyl (C=O) groups is 1. The Morgan fingerprint density at radius 2 is 1.96 bits per heavy atom. The number of nitrogens with zero attached hydrogens (tertiary/aromatic N) is 3. The van der Waals surface area contributed by atoms with Gasteiger partial charge < -0.3 is 20.6 Å². The van der Waals surface area contributed by atoms with Crippen molar-refractivity contribution in [1.29, 1.82) is 0 Å². The summed E-state index contributed by atoms with van der Waals surface area (Å²) in [6.45, 7) is 0. The lowest BCUT2D eigenvalue weighted by Gasteiger charge is -2.11. The molecule has 8 heteroatoms. The fourth-order valence-corrected chi connectivity index (χ4v) is 2.98. The summed E-state index contributed by atoms with van der Waals surface area (Å²) in [7, 11) is 1.68. The summed E-state index contributed by atoms with van der Waals surface area (Å²) in [5, 5.41) is 31.8. The third-order valence-electron chi connectivity index (χ3n) is 4.19. The zero-order chi connectivity index (χ0) is 18.4. The minimum absolute atomic E-state index is 0.0779. The highest BCUT2D eigenvalue weighted by Gasteiger charge is 2.18. The highest BCUT2D eigenvalue weighted by molar-refractivity contribution is 6.02. The van der Waals surface area contributed by atoms with Crippen LogP contribution in [-0.4, -0.2) is 42.7 Å². The molecule has 2 aromatic heterocycles. The third-order valence-corrected chi connectivity index (χ3v) is 4.19. The van der Waals surface area contributed by atoms with Crippen LogP contribution < -0.4 is 5.32 Å². The van der Waals surface area contributed by atoms with Crippen molar-refractivity contribution in [2.45, 2.75) is 0 Å². The van der Waals surface area contributed by atoms with E-state index in [1.165, 1.54) is 18.2 Å². The molecule has 4 N–H and O–H groups in total. The van der Waals surface area contributed by atoms with E-state index in [-0.39, 0.29) is 17.1 Å². The molecule has 130 valence electrons. The summed E-state index contributed by atoms with van der Waals surface area (Å²) >= 11 is 0. The number of hydrogen-bond acceptors (Lipinski definition) is 6. The number of anilines is 1. The van der Waals surface area contributed by atoms with Gasteiger partial charge in [-0.2, -0.15) is 0 Å². The van der Waals surface area contributed by atoms with Gasteiger partial charge in [0.25, 0.3) is 0 Å². The first kappa shape index (κ1) is 15.7. The highest BCUT2D eigenvalue weighted by atomic mass is 16.4. The Hall–Kier alpha value is -3.81. The largest absolute Gasteiger partial charge is 0.504 e. The van der Waals surface area contributed by atoms with Gasteiger partial charge >= 0.3 is 5.97 Å². The molecular weight excluding hydrogens is 336 g/mol. The second kappa shape index (κ2) is 5.62. The Morgan fingerprint density at radius 1 is 1.15 bits per heavy atom. The zero-order valence-corrected chi connectivity index (χ0v) is 13.6. The van der Waals surface area contributed by atoms with E-state index in [1.54, 1.807) is 35.8 Å². The predicted molar refractivity (Wildman–Crippen MR) is 95.8 cm³/mol. The molecule has 8 nitrogen and oxygen atoms in total. The van der Waals surface area contributed by atoms with Crippen LogP contribution in [0.25, 0.3) is 27.9 Å². The van der Waals surface area contributed by atoms with Crippen LogP contribution in [0.4, 0.5) is 5.82 Å². The Kier molecular flexibility index (Phi) is 3.40. The summed E-state index contributed by atoms with van der Waals surface area (Å²) in [4.78, 5) is 20.4. The van der Waals surface area contributed by atoms with E-state index in [0.717, 1.165) is 0 Å². The molecule has 0 aliphatic carbocycles. The quantitative estimate of drug-likeness (QED) is 0.419. The van der Waals surface area contributed by atoms with Crippen LogP contribution in [0, 0.1) is 0 Å². The fraction of sp³-hybridized carbons (Fsp3) is 0.0556. The minimum Gasteiger partial charge on any atom is -0.504 e. The van der Waals surface area contributed by atoms with Crippen molar-refractivity contribution in [3.05, 3.63) is 48.2 Å². The number of rotatable bonds is 3. The maximum atomic E-state index is 11.6. The zero-order valence-electron chi connectivity index (χ0n) is 13.6. The lowest BCUT2D eigenvalue weighted by Crippen LogP contribution is -2.05. The normalized spacial score (nSPS) is 11.1. The molecule has 2 heterocycles. The summed E-state index contributed by atoms with van der Waals surface area (Å²) < 4.78 is 1.77. The molecule has 0 bridgehead atoms. The van der Waals surface area contributed by atoms with Gasteiger partial charge in [-0.15, -0.1) is 0 Å². The first-order chi connectivity index (χ1) is 12.5. The average Bonchev–Trinajstić information content (AvgIpc) is 3.08. The average molecular weight is 350 g/mol. The molecule has 0 aliphatic rings. The van der Waals surface area contributed by atoms with Crippen LogP contribution in [-0.2, 0) is 0 Å². The molecule has 0 radical (unpaired) electrons. The number of carboxylic acids is 1. The molecule has 26 heavy (non-hydrogen) atoms. The number of fused-ring (bicyclic) bond motifs is 3. The van der Waals surface area contributed by atoms with Crippen LogP contribution >= 0.6 is 0 Å². The Morgan fingerprint density at radius 3 is 2.65 bits per heavy atom. The van der Waals surface area contributed by atoms with E-state index < -0.39 is 5.97 Å². The molecule has 0 amide bonds. The Bertz CT molecular complexity index is 1180. The number of aromatic nitrogens is 3. The molecule has 0 unspecified atom stereocenters. The maximum absolute atomic E-state index is 11.6. The van der Waals surface area contributed by atoms with Gasteiger partial charge in [0.2, 0.25) is 0 Å². The molecule has 0 saturated carbocycles. The van der Waals surface area contributed by atoms with E-state index in [2.05, 4.69) is 15.3 Å². The molecule has 4 aromatic rings. The highest BCUT2D eigenvalue weighted by Crippen LogP contribution is 2.33. The number of benzene rings is 2. The van der Waals surface area contributed by atoms with Gasteiger partial charge in [0.05, 0.1) is 23.0 Å². The topological polar surface area (TPSA) is 120 Å². The van der Waals surface area contributed by atoms with Crippen LogP contribution in [0.15, 0.2) is 42.6 Å². The van der Waals surface area contributed by atoms with Gasteiger partial charge in [-0.3, -0.25) is 4.40 Å².